The van der Waals surface area contributed by atoms with Crippen LogP contribution in [0.15, 0.2) is 12.2 Å². The van der Waals surface area contributed by atoms with Crippen molar-refractivity contribution in [1.29, 1.82) is 0 Å². The van der Waals surface area contributed by atoms with Gasteiger partial charge in [-0.3, -0.25) is 0 Å². The van der Waals surface area contributed by atoms with Crippen molar-refractivity contribution in [3.8, 4) is 0 Å². The molecule has 0 aliphatic carbocycles. The maximum Gasteiger partial charge on any atom is 0.335 e. The molecule has 0 fully saturated rings. The lowest BCUT2D eigenvalue weighted by Gasteiger charge is -2.04. The molecule has 66 valence electrons. The molecule has 0 N–H and O–H groups in total. The molecule has 0 aromatic heterocycles. The fourth-order valence-corrected chi connectivity index (χ4v) is 0.506. The molecule has 0 aromatic rings. The summed E-state index contributed by atoms with van der Waals surface area (Å²) < 4.78 is 9.52. The van der Waals surface area contributed by atoms with E-state index in [1.165, 1.54) is 0 Å². The van der Waals surface area contributed by atoms with E-state index in [9.17, 15) is 4.79 Å². The second-order valence-corrected chi connectivity index (χ2v) is 2.48. The zero-order valence-electron chi connectivity index (χ0n) is 7.79. The molecule has 0 amide bonds. The minimum Gasteiger partial charge on any atom is -0.437 e. The molecule has 0 saturated carbocycles. The Bertz CT molecular complexity index is 172. The maximum absolute atomic E-state index is 10.8. The van der Waals surface area contributed by atoms with Crippen LogP contribution < -0.4 is 0 Å². The van der Waals surface area contributed by atoms with E-state index >= 15 is 0 Å². The smallest absolute Gasteiger partial charge is 0.335 e. The van der Waals surface area contributed by atoms with Crippen molar-refractivity contribution in [3.63, 3.8) is 0 Å². The summed E-state index contributed by atoms with van der Waals surface area (Å²) in [6.45, 7) is 4.93. The Kier molecular flexibility index (Phi) is 7.60. The fourth-order valence-electron chi connectivity index (χ4n) is 0.506. The Morgan fingerprint density at radius 1 is 1.54 bits per heavy atom. The summed E-state index contributed by atoms with van der Waals surface area (Å²) >= 11 is 0. The van der Waals surface area contributed by atoms with Crippen LogP contribution >= 0.6 is 0 Å². The van der Waals surface area contributed by atoms with E-state index in [0.717, 1.165) is 6.32 Å². The topological polar surface area (TPSA) is 35.5 Å². The van der Waals surface area contributed by atoms with Gasteiger partial charge in [-0.15, -0.1) is 0 Å². The first-order chi connectivity index (χ1) is 6.18. The van der Waals surface area contributed by atoms with Crippen LogP contribution in [0.25, 0.3) is 0 Å². The number of esters is 1. The maximum atomic E-state index is 10.8. The summed E-state index contributed by atoms with van der Waals surface area (Å²) in [6.07, 6.45) is 1.45. The number of ether oxygens (including phenoxy) is 1. The predicted molar refractivity (Wildman–Crippen MR) is 53.7 cm³/mol. The molecule has 0 spiro atoms. The predicted octanol–water partition coefficient (Wildman–Crippen LogP) is 0.323. The van der Waals surface area contributed by atoms with Crippen LogP contribution in [-0.4, -0.2) is 35.2 Å². The zero-order chi connectivity index (χ0) is 10.1. The molecule has 0 aromatic carbocycles. The van der Waals surface area contributed by atoms with Gasteiger partial charge in [-0.1, -0.05) is 19.2 Å². The van der Waals surface area contributed by atoms with Gasteiger partial charge >= 0.3 is 5.97 Å². The first-order valence-corrected chi connectivity index (χ1v) is 3.97. The highest BCUT2D eigenvalue weighted by Gasteiger charge is 2.01. The van der Waals surface area contributed by atoms with Gasteiger partial charge < -0.3 is 9.39 Å². The fraction of sp³-hybridized carbons (Fsp3) is 0.571. The summed E-state index contributed by atoms with van der Waals surface area (Å²) in [5.74, 6) is -0.446. The Morgan fingerprint density at radius 3 is 2.77 bits per heavy atom. The van der Waals surface area contributed by atoms with Gasteiger partial charge in [-0.2, -0.15) is 0 Å². The normalized spacial score (nSPS) is 9.00. The third kappa shape index (κ3) is 7.72. The molecule has 0 unspecified atom stereocenters. The van der Waals surface area contributed by atoms with Crippen molar-refractivity contribution in [2.24, 2.45) is 0 Å². The third-order valence-corrected chi connectivity index (χ3v) is 1.18. The summed E-state index contributed by atoms with van der Waals surface area (Å²) in [4.78, 5) is 10.8. The molecule has 0 atom stereocenters. The van der Waals surface area contributed by atoms with Gasteiger partial charge in [0.05, 0.1) is 7.17 Å². The molecule has 13 heavy (non-hydrogen) atoms. The number of hydrogen-bond donors (Lipinski definition) is 0. The third-order valence-electron chi connectivity index (χ3n) is 1.18. The van der Waals surface area contributed by atoms with Crippen LogP contribution in [0, 0.1) is 0 Å². The van der Waals surface area contributed by atoms with Crippen molar-refractivity contribution < 1.29 is 14.2 Å². The van der Waals surface area contributed by atoms with Gasteiger partial charge in [0.25, 0.3) is 7.48 Å². The van der Waals surface area contributed by atoms with Crippen molar-refractivity contribution >= 4 is 28.4 Å². The zero-order valence-corrected chi connectivity index (χ0v) is 7.79. The SMILES string of the molecule is [B][B]CC[B]OCOC(=O)C(=C)C. The van der Waals surface area contributed by atoms with Crippen molar-refractivity contribution in [2.45, 2.75) is 19.6 Å². The van der Waals surface area contributed by atoms with E-state index < -0.39 is 5.97 Å². The molecule has 4 radical (unpaired) electrons. The van der Waals surface area contributed by atoms with Crippen molar-refractivity contribution in [3.05, 3.63) is 12.2 Å². The highest BCUT2D eigenvalue weighted by atomic mass is 16.7. The molecule has 0 bridgehead atoms. The van der Waals surface area contributed by atoms with Crippen LogP contribution in [0.5, 0.6) is 0 Å². The second-order valence-electron chi connectivity index (χ2n) is 2.48. The summed E-state index contributed by atoms with van der Waals surface area (Å²) in [5.41, 5.74) is 0.360. The number of rotatable bonds is 7. The van der Waals surface area contributed by atoms with Crippen LogP contribution in [0.1, 0.15) is 6.92 Å². The Hall–Kier alpha value is -0.635. The average Bonchev–Trinajstić information content (AvgIpc) is 2.10. The molecule has 0 saturated heterocycles. The van der Waals surface area contributed by atoms with E-state index in [4.69, 9.17) is 12.4 Å². The first kappa shape index (κ1) is 12.4. The van der Waals surface area contributed by atoms with Gasteiger partial charge in [-0.25, -0.2) is 4.79 Å². The van der Waals surface area contributed by atoms with Gasteiger partial charge in [0.2, 0.25) is 0 Å². The Labute approximate surface area is 81.8 Å². The lowest BCUT2D eigenvalue weighted by molar-refractivity contribution is -0.145. The highest BCUT2D eigenvalue weighted by Crippen LogP contribution is 1.93. The van der Waals surface area contributed by atoms with Crippen LogP contribution in [0.4, 0.5) is 0 Å². The van der Waals surface area contributed by atoms with E-state index in [1.807, 2.05) is 0 Å². The monoisotopic (exact) mass is 176 g/mol. The summed E-state index contributed by atoms with van der Waals surface area (Å²) in [7, 11) is 8.23. The van der Waals surface area contributed by atoms with Crippen molar-refractivity contribution in [1.82, 2.24) is 0 Å². The lowest BCUT2D eigenvalue weighted by atomic mass is 9.51. The standard InChI is InChI=1S/C7H11B3O3/c1-6(2)7(11)12-5-13-10-4-3-9-8/h1,3-5H2,2H3. The largest absolute Gasteiger partial charge is 0.437 e. The highest BCUT2D eigenvalue weighted by molar-refractivity contribution is 6.89. The van der Waals surface area contributed by atoms with E-state index in [2.05, 4.69) is 11.3 Å². The summed E-state index contributed by atoms with van der Waals surface area (Å²) in [6, 6.07) is 0. The number of carbonyl (C=O) groups excluding carboxylic acids is 1. The quantitative estimate of drug-likeness (QED) is 0.184. The van der Waals surface area contributed by atoms with Gasteiger partial charge in [0.15, 0.2) is 6.79 Å². The Balaban J connectivity index is 3.16. The molecule has 0 aliphatic rings. The van der Waals surface area contributed by atoms with E-state index in [1.54, 1.807) is 21.6 Å². The molecule has 0 rings (SSSR count). The van der Waals surface area contributed by atoms with Crippen molar-refractivity contribution in [2.75, 3.05) is 6.79 Å². The second kappa shape index (κ2) is 7.99. The van der Waals surface area contributed by atoms with Crippen LogP contribution in [-0.2, 0) is 14.2 Å². The molecular formula is C7H11B3O3. The molecule has 6 heteroatoms. The molecule has 3 nitrogen and oxygen atoms in total. The molecule has 0 heterocycles. The summed E-state index contributed by atoms with van der Waals surface area (Å²) in [5, 5.41) is 0. The lowest BCUT2D eigenvalue weighted by Crippen LogP contribution is -2.10. The minimum absolute atomic E-state index is 0.0732. The van der Waals surface area contributed by atoms with Crippen LogP contribution in [0.3, 0.4) is 0 Å². The Morgan fingerprint density at radius 2 is 2.23 bits per heavy atom. The van der Waals surface area contributed by atoms with E-state index in [0.29, 0.717) is 11.9 Å². The van der Waals surface area contributed by atoms with Gasteiger partial charge in [0.1, 0.15) is 0 Å². The first-order valence-electron chi connectivity index (χ1n) is 3.97. The van der Waals surface area contributed by atoms with E-state index in [-0.39, 0.29) is 6.79 Å². The van der Waals surface area contributed by atoms with Gasteiger partial charge in [0, 0.05) is 13.3 Å². The van der Waals surface area contributed by atoms with Gasteiger partial charge in [-0.05, 0) is 6.92 Å². The average molecular weight is 176 g/mol. The number of carbonyl (C=O) groups is 1. The molecule has 0 aliphatic heterocycles. The minimum atomic E-state index is -0.446. The number of hydrogen-bond acceptors (Lipinski definition) is 3. The molecular weight excluding hydrogens is 165 g/mol. The van der Waals surface area contributed by atoms with Crippen LogP contribution in [0.2, 0.25) is 12.6 Å².